The molecule has 0 unspecified atom stereocenters. The SMILES string of the molecule is COc1cccc(OC)c1CN1CC[C@@]23O[C@@H](c4ccccc4)CN2C(=O)C[C@@H]13. The minimum atomic E-state index is -0.521. The molecule has 3 atom stereocenters. The molecule has 1 spiro atoms. The lowest BCUT2D eigenvalue weighted by molar-refractivity contribution is -0.138. The van der Waals surface area contributed by atoms with Crippen molar-refractivity contribution < 1.29 is 19.0 Å². The summed E-state index contributed by atoms with van der Waals surface area (Å²) in [6.45, 7) is 2.17. The number of carbonyl (C=O) groups is 1. The van der Waals surface area contributed by atoms with Gasteiger partial charge in [0, 0.05) is 25.9 Å². The highest BCUT2D eigenvalue weighted by Crippen LogP contribution is 2.51. The van der Waals surface area contributed by atoms with Gasteiger partial charge in [-0.05, 0) is 17.7 Å². The molecule has 1 amide bonds. The van der Waals surface area contributed by atoms with Gasteiger partial charge in [0.1, 0.15) is 17.6 Å². The van der Waals surface area contributed by atoms with Crippen LogP contribution in [0.5, 0.6) is 11.5 Å². The Morgan fingerprint density at radius 1 is 1.07 bits per heavy atom. The Hall–Kier alpha value is -2.57. The van der Waals surface area contributed by atoms with Crippen LogP contribution in [0.15, 0.2) is 48.5 Å². The molecule has 3 fully saturated rings. The van der Waals surface area contributed by atoms with Crippen LogP contribution in [0, 0.1) is 0 Å². The van der Waals surface area contributed by atoms with Crippen molar-refractivity contribution >= 4 is 5.91 Å². The average Bonchev–Trinajstić information content (AvgIpc) is 3.38. The number of rotatable bonds is 5. The molecule has 6 heteroatoms. The quantitative estimate of drug-likeness (QED) is 0.780. The summed E-state index contributed by atoms with van der Waals surface area (Å²) in [5, 5.41) is 0. The summed E-state index contributed by atoms with van der Waals surface area (Å²) in [5.41, 5.74) is 1.62. The van der Waals surface area contributed by atoms with Crippen LogP contribution in [-0.2, 0) is 16.1 Å². The topological polar surface area (TPSA) is 51.2 Å². The molecule has 3 aliphatic rings. The van der Waals surface area contributed by atoms with Crippen LogP contribution in [0.1, 0.15) is 30.1 Å². The highest BCUT2D eigenvalue weighted by Gasteiger charge is 2.64. The molecule has 3 aliphatic heterocycles. The Labute approximate surface area is 171 Å². The molecule has 3 heterocycles. The first-order chi connectivity index (χ1) is 14.2. The molecule has 0 radical (unpaired) electrons. The standard InChI is InChI=1S/C23H26N2O4/c1-27-18-9-6-10-19(28-2)17(18)14-24-12-11-23-21(24)13-22(26)25(23)15-20(29-23)16-7-4-3-5-8-16/h3-10,20-21H,11-15H2,1-2H3/t20-,21-,23+/m1/s1. The number of methoxy groups -OCH3 is 2. The summed E-state index contributed by atoms with van der Waals surface area (Å²) in [6, 6.07) is 16.1. The molecule has 2 aromatic rings. The molecule has 0 bridgehead atoms. The van der Waals surface area contributed by atoms with E-state index in [9.17, 15) is 4.79 Å². The second-order valence-electron chi connectivity index (χ2n) is 7.95. The number of hydrogen-bond donors (Lipinski definition) is 0. The van der Waals surface area contributed by atoms with Gasteiger partial charge in [0.15, 0.2) is 5.72 Å². The molecule has 0 saturated carbocycles. The summed E-state index contributed by atoms with van der Waals surface area (Å²) in [7, 11) is 3.35. The monoisotopic (exact) mass is 394 g/mol. The van der Waals surface area contributed by atoms with E-state index in [-0.39, 0.29) is 18.1 Å². The lowest BCUT2D eigenvalue weighted by Gasteiger charge is -2.32. The first kappa shape index (κ1) is 18.5. The van der Waals surface area contributed by atoms with Crippen molar-refractivity contribution in [3.05, 3.63) is 59.7 Å². The Morgan fingerprint density at radius 3 is 2.48 bits per heavy atom. The van der Waals surface area contributed by atoms with Crippen molar-refractivity contribution in [1.82, 2.24) is 9.80 Å². The van der Waals surface area contributed by atoms with E-state index in [1.54, 1.807) is 14.2 Å². The van der Waals surface area contributed by atoms with Crippen molar-refractivity contribution in [2.24, 2.45) is 0 Å². The Morgan fingerprint density at radius 2 is 1.79 bits per heavy atom. The van der Waals surface area contributed by atoms with E-state index in [1.807, 2.05) is 41.3 Å². The van der Waals surface area contributed by atoms with E-state index in [0.29, 0.717) is 19.5 Å². The molecule has 6 nitrogen and oxygen atoms in total. The van der Waals surface area contributed by atoms with Gasteiger partial charge < -0.3 is 19.1 Å². The van der Waals surface area contributed by atoms with Crippen LogP contribution < -0.4 is 9.47 Å². The van der Waals surface area contributed by atoms with E-state index in [2.05, 4.69) is 17.0 Å². The van der Waals surface area contributed by atoms with Crippen LogP contribution in [0.2, 0.25) is 0 Å². The minimum Gasteiger partial charge on any atom is -0.496 e. The lowest BCUT2D eigenvalue weighted by Crippen LogP contribution is -2.47. The molecule has 0 aromatic heterocycles. The van der Waals surface area contributed by atoms with Crippen LogP contribution in [-0.4, -0.2) is 54.8 Å². The molecular formula is C23H26N2O4. The third-order valence-electron chi connectivity index (χ3n) is 6.60. The fourth-order valence-corrected chi connectivity index (χ4v) is 5.23. The lowest BCUT2D eigenvalue weighted by atomic mass is 10.1. The van der Waals surface area contributed by atoms with Gasteiger partial charge in [0.25, 0.3) is 0 Å². The van der Waals surface area contributed by atoms with Gasteiger partial charge in [-0.15, -0.1) is 0 Å². The number of nitrogens with zero attached hydrogens (tertiary/aromatic N) is 2. The number of likely N-dealkylation sites (tertiary alicyclic amines) is 1. The van der Waals surface area contributed by atoms with Crippen LogP contribution in [0.25, 0.3) is 0 Å². The summed E-state index contributed by atoms with van der Waals surface area (Å²) in [6.07, 6.45) is 1.26. The normalized spacial score (nSPS) is 28.5. The summed E-state index contributed by atoms with van der Waals surface area (Å²) in [4.78, 5) is 17.2. The number of ether oxygens (including phenoxy) is 3. The van der Waals surface area contributed by atoms with Gasteiger partial charge in [-0.1, -0.05) is 36.4 Å². The van der Waals surface area contributed by atoms with Gasteiger partial charge in [-0.25, -0.2) is 0 Å². The zero-order valence-corrected chi connectivity index (χ0v) is 16.8. The predicted molar refractivity (Wildman–Crippen MR) is 108 cm³/mol. The zero-order chi connectivity index (χ0) is 20.0. The highest BCUT2D eigenvalue weighted by atomic mass is 16.5. The third-order valence-corrected chi connectivity index (χ3v) is 6.60. The number of benzene rings is 2. The van der Waals surface area contributed by atoms with Crippen LogP contribution >= 0.6 is 0 Å². The molecule has 0 aliphatic carbocycles. The number of hydrogen-bond acceptors (Lipinski definition) is 5. The molecule has 0 N–H and O–H groups in total. The summed E-state index contributed by atoms with van der Waals surface area (Å²) < 4.78 is 17.8. The first-order valence-corrected chi connectivity index (χ1v) is 10.1. The van der Waals surface area contributed by atoms with E-state index in [1.165, 1.54) is 0 Å². The minimum absolute atomic E-state index is 0.0401. The van der Waals surface area contributed by atoms with Crippen LogP contribution in [0.3, 0.4) is 0 Å². The van der Waals surface area contributed by atoms with Crippen molar-refractivity contribution in [2.75, 3.05) is 27.3 Å². The van der Waals surface area contributed by atoms with Crippen molar-refractivity contribution in [1.29, 1.82) is 0 Å². The third kappa shape index (κ3) is 2.81. The van der Waals surface area contributed by atoms with Crippen LogP contribution in [0.4, 0.5) is 0 Å². The first-order valence-electron chi connectivity index (χ1n) is 10.1. The average molecular weight is 394 g/mol. The van der Waals surface area contributed by atoms with Gasteiger partial charge in [-0.2, -0.15) is 0 Å². The fraction of sp³-hybridized carbons (Fsp3) is 0.435. The fourth-order valence-electron chi connectivity index (χ4n) is 5.23. The molecular weight excluding hydrogens is 368 g/mol. The molecule has 152 valence electrons. The Kier molecular flexibility index (Phi) is 4.48. The van der Waals surface area contributed by atoms with Crippen molar-refractivity contribution in [3.8, 4) is 11.5 Å². The largest absolute Gasteiger partial charge is 0.496 e. The maximum atomic E-state index is 12.9. The molecule has 2 aromatic carbocycles. The van der Waals surface area contributed by atoms with E-state index in [0.717, 1.165) is 35.6 Å². The van der Waals surface area contributed by atoms with Crippen molar-refractivity contribution in [3.63, 3.8) is 0 Å². The van der Waals surface area contributed by atoms with Gasteiger partial charge in [-0.3, -0.25) is 9.69 Å². The highest BCUT2D eigenvalue weighted by molar-refractivity contribution is 5.81. The zero-order valence-electron chi connectivity index (χ0n) is 16.8. The Balaban J connectivity index is 1.43. The smallest absolute Gasteiger partial charge is 0.226 e. The maximum absolute atomic E-state index is 12.9. The summed E-state index contributed by atoms with van der Waals surface area (Å²) >= 11 is 0. The van der Waals surface area contributed by atoms with Gasteiger partial charge in [0.2, 0.25) is 5.91 Å². The van der Waals surface area contributed by atoms with Crippen molar-refractivity contribution in [2.45, 2.75) is 37.3 Å². The van der Waals surface area contributed by atoms with E-state index >= 15 is 0 Å². The summed E-state index contributed by atoms with van der Waals surface area (Å²) in [5.74, 6) is 1.80. The molecule has 3 saturated heterocycles. The molecule has 29 heavy (non-hydrogen) atoms. The van der Waals surface area contributed by atoms with Gasteiger partial charge in [0.05, 0.1) is 32.4 Å². The predicted octanol–water partition coefficient (Wildman–Crippen LogP) is 2.98. The molecule has 5 rings (SSSR count). The Bertz CT molecular complexity index is 896. The maximum Gasteiger partial charge on any atom is 0.226 e. The van der Waals surface area contributed by atoms with E-state index in [4.69, 9.17) is 14.2 Å². The number of amides is 1. The van der Waals surface area contributed by atoms with E-state index < -0.39 is 5.72 Å². The number of carbonyl (C=O) groups excluding carboxylic acids is 1. The second-order valence-corrected chi connectivity index (χ2v) is 7.95. The second kappa shape index (κ2) is 7.04. The van der Waals surface area contributed by atoms with Gasteiger partial charge >= 0.3 is 0 Å².